The maximum atomic E-state index is 12.6. The van der Waals surface area contributed by atoms with E-state index in [1.165, 1.54) is 0 Å². The Bertz CT molecular complexity index is 615. The summed E-state index contributed by atoms with van der Waals surface area (Å²) in [6.07, 6.45) is 2.00. The smallest absolute Gasteiger partial charge is 0.317 e. The Kier molecular flexibility index (Phi) is 6.83. The van der Waals surface area contributed by atoms with E-state index in [0.29, 0.717) is 10.0 Å². The zero-order valence-electron chi connectivity index (χ0n) is 15.6. The number of amides is 2. The Morgan fingerprint density at radius 1 is 1.20 bits per heavy atom. The lowest BCUT2D eigenvalue weighted by Crippen LogP contribution is -2.48. The van der Waals surface area contributed by atoms with Crippen molar-refractivity contribution in [3.8, 4) is 0 Å². The van der Waals surface area contributed by atoms with Gasteiger partial charge in [-0.1, -0.05) is 29.3 Å². The number of nitrogens with zero attached hydrogens (tertiary/aromatic N) is 3. The molecule has 1 N–H and O–H groups in total. The number of carbonyl (C=O) groups excluding carboxylic acids is 1. The first-order valence-corrected chi connectivity index (χ1v) is 9.35. The van der Waals surface area contributed by atoms with E-state index in [4.69, 9.17) is 23.2 Å². The van der Waals surface area contributed by atoms with Gasteiger partial charge < -0.3 is 20.0 Å². The van der Waals surface area contributed by atoms with E-state index in [9.17, 15) is 4.79 Å². The van der Waals surface area contributed by atoms with Crippen molar-refractivity contribution in [3.05, 3.63) is 27.7 Å². The number of anilines is 1. The molecule has 1 fully saturated rings. The van der Waals surface area contributed by atoms with E-state index in [2.05, 4.69) is 17.3 Å². The average molecular weight is 387 g/mol. The number of likely N-dealkylation sites (tertiary alicyclic amines) is 1. The van der Waals surface area contributed by atoms with Gasteiger partial charge in [-0.3, -0.25) is 0 Å². The quantitative estimate of drug-likeness (QED) is 0.853. The monoisotopic (exact) mass is 386 g/mol. The highest BCUT2D eigenvalue weighted by atomic mass is 35.5. The summed E-state index contributed by atoms with van der Waals surface area (Å²) in [5.41, 5.74) is 1.68. The number of rotatable bonds is 4. The predicted molar refractivity (Wildman–Crippen MR) is 106 cm³/mol. The fourth-order valence-electron chi connectivity index (χ4n) is 3.15. The van der Waals surface area contributed by atoms with Crippen LogP contribution in [0.2, 0.25) is 10.0 Å². The Morgan fingerprint density at radius 2 is 1.80 bits per heavy atom. The van der Waals surface area contributed by atoms with Crippen LogP contribution in [0.4, 0.5) is 10.5 Å². The molecule has 5 nitrogen and oxygen atoms in total. The Labute approximate surface area is 160 Å². The normalized spacial score (nSPS) is 17.2. The largest absolute Gasteiger partial charge is 0.376 e. The summed E-state index contributed by atoms with van der Waals surface area (Å²) >= 11 is 12.8. The van der Waals surface area contributed by atoms with Gasteiger partial charge in [-0.05, 0) is 51.5 Å². The molecule has 1 saturated heterocycles. The topological polar surface area (TPSA) is 38.8 Å². The molecule has 0 spiro atoms. The van der Waals surface area contributed by atoms with E-state index in [0.717, 1.165) is 37.2 Å². The van der Waals surface area contributed by atoms with Crippen molar-refractivity contribution in [2.24, 2.45) is 0 Å². The van der Waals surface area contributed by atoms with Crippen LogP contribution < -0.4 is 10.2 Å². The molecule has 1 aromatic carbocycles. The minimum absolute atomic E-state index is 0.0778. The van der Waals surface area contributed by atoms with Crippen LogP contribution in [-0.4, -0.2) is 63.2 Å². The number of benzene rings is 1. The number of nitrogens with one attached hydrogen (secondary N) is 1. The summed E-state index contributed by atoms with van der Waals surface area (Å²) in [6, 6.07) is 3.82. The van der Waals surface area contributed by atoms with Crippen LogP contribution in [0.5, 0.6) is 0 Å². The van der Waals surface area contributed by atoms with Gasteiger partial charge in [0.25, 0.3) is 0 Å². The molecule has 0 radical (unpaired) electrons. The number of halogens is 2. The van der Waals surface area contributed by atoms with Crippen molar-refractivity contribution in [2.45, 2.75) is 31.8 Å². The first kappa shape index (κ1) is 20.1. The second kappa shape index (κ2) is 8.47. The van der Waals surface area contributed by atoms with Crippen molar-refractivity contribution in [2.75, 3.05) is 46.2 Å². The van der Waals surface area contributed by atoms with Crippen molar-refractivity contribution in [1.29, 1.82) is 0 Å². The summed E-state index contributed by atoms with van der Waals surface area (Å²) in [5.74, 6) is 0. The molecule has 140 valence electrons. The van der Waals surface area contributed by atoms with Gasteiger partial charge in [0.05, 0.1) is 21.8 Å². The second-order valence-corrected chi connectivity index (χ2v) is 7.77. The van der Waals surface area contributed by atoms with Gasteiger partial charge in [-0.2, -0.15) is 0 Å². The highest BCUT2D eigenvalue weighted by Gasteiger charge is 2.25. The Hall–Kier alpha value is -1.17. The maximum Gasteiger partial charge on any atom is 0.317 e. The zero-order valence-corrected chi connectivity index (χ0v) is 17.2. The van der Waals surface area contributed by atoms with Crippen LogP contribution in [0.15, 0.2) is 12.1 Å². The standard InChI is InChI=1S/C18H28Cl2N4O/c1-12(14-6-7-15(22(2)3)17(20)16(14)19)21-18(25)24(5)13-8-10-23(4)11-9-13/h6-7,12-13H,8-11H2,1-5H3,(H,21,25). The SMILES string of the molecule is CC(NC(=O)N(C)C1CCN(C)CC1)c1ccc(N(C)C)c(Cl)c1Cl. The molecule has 1 heterocycles. The van der Waals surface area contributed by atoms with Crippen LogP contribution in [0.25, 0.3) is 0 Å². The third-order valence-corrected chi connectivity index (χ3v) is 5.82. The molecule has 2 rings (SSSR count). The second-order valence-electron chi connectivity index (χ2n) is 7.01. The number of hydrogen-bond donors (Lipinski definition) is 1. The van der Waals surface area contributed by atoms with E-state index >= 15 is 0 Å². The van der Waals surface area contributed by atoms with Crippen molar-refractivity contribution < 1.29 is 4.79 Å². The van der Waals surface area contributed by atoms with E-state index in [-0.39, 0.29) is 18.1 Å². The summed E-state index contributed by atoms with van der Waals surface area (Å²) in [5, 5.41) is 4.03. The molecule has 0 saturated carbocycles. The molecule has 7 heteroatoms. The van der Waals surface area contributed by atoms with Crippen LogP contribution >= 0.6 is 23.2 Å². The first-order chi connectivity index (χ1) is 11.7. The van der Waals surface area contributed by atoms with Gasteiger partial charge in [-0.25, -0.2) is 4.79 Å². The number of carbonyl (C=O) groups is 1. The Morgan fingerprint density at radius 3 is 2.36 bits per heavy atom. The lowest BCUT2D eigenvalue weighted by Gasteiger charge is -2.35. The summed E-state index contributed by atoms with van der Waals surface area (Å²) in [6.45, 7) is 3.96. The molecule has 0 aromatic heterocycles. The van der Waals surface area contributed by atoms with Crippen LogP contribution in [0, 0.1) is 0 Å². The zero-order chi connectivity index (χ0) is 18.7. The fraction of sp³-hybridized carbons (Fsp3) is 0.611. The van der Waals surface area contributed by atoms with Gasteiger partial charge in [0.2, 0.25) is 0 Å². The van der Waals surface area contributed by atoms with Gasteiger partial charge in [-0.15, -0.1) is 0 Å². The first-order valence-electron chi connectivity index (χ1n) is 8.59. The summed E-state index contributed by atoms with van der Waals surface area (Å²) in [4.78, 5) is 18.6. The molecule has 1 aliphatic heterocycles. The number of piperidine rings is 1. The Balaban J connectivity index is 2.05. The van der Waals surface area contributed by atoms with Crippen LogP contribution in [0.1, 0.15) is 31.4 Å². The summed E-state index contributed by atoms with van der Waals surface area (Å²) in [7, 11) is 7.81. The van der Waals surface area contributed by atoms with Crippen molar-refractivity contribution in [1.82, 2.24) is 15.1 Å². The number of hydrogen-bond acceptors (Lipinski definition) is 3. The molecule has 1 atom stereocenters. The molecule has 1 unspecified atom stereocenters. The molecule has 0 aliphatic carbocycles. The average Bonchev–Trinajstić information content (AvgIpc) is 2.56. The van der Waals surface area contributed by atoms with Crippen molar-refractivity contribution in [3.63, 3.8) is 0 Å². The van der Waals surface area contributed by atoms with Crippen molar-refractivity contribution >= 4 is 34.9 Å². The van der Waals surface area contributed by atoms with E-state index in [1.54, 1.807) is 0 Å². The molecular formula is C18H28Cl2N4O. The molecule has 0 bridgehead atoms. The molecule has 2 amide bonds. The highest BCUT2D eigenvalue weighted by Crippen LogP contribution is 2.37. The minimum Gasteiger partial charge on any atom is -0.376 e. The third kappa shape index (κ3) is 4.72. The maximum absolute atomic E-state index is 12.6. The van der Waals surface area contributed by atoms with Gasteiger partial charge in [0.15, 0.2) is 0 Å². The van der Waals surface area contributed by atoms with Crippen LogP contribution in [-0.2, 0) is 0 Å². The van der Waals surface area contributed by atoms with E-state index < -0.39 is 0 Å². The highest BCUT2D eigenvalue weighted by molar-refractivity contribution is 6.44. The lowest BCUT2D eigenvalue weighted by molar-refractivity contribution is 0.146. The number of urea groups is 1. The molecular weight excluding hydrogens is 359 g/mol. The van der Waals surface area contributed by atoms with Gasteiger partial charge in [0.1, 0.15) is 0 Å². The van der Waals surface area contributed by atoms with Gasteiger partial charge >= 0.3 is 6.03 Å². The molecule has 25 heavy (non-hydrogen) atoms. The van der Waals surface area contributed by atoms with Gasteiger partial charge in [0, 0.05) is 27.2 Å². The van der Waals surface area contributed by atoms with Crippen LogP contribution in [0.3, 0.4) is 0 Å². The minimum atomic E-state index is -0.220. The van der Waals surface area contributed by atoms with E-state index in [1.807, 2.05) is 50.0 Å². The molecule has 1 aromatic rings. The predicted octanol–water partition coefficient (Wildman–Crippen LogP) is 3.86. The molecule has 1 aliphatic rings. The third-order valence-electron chi connectivity index (χ3n) is 4.94. The fourth-order valence-corrected chi connectivity index (χ4v) is 3.81. The summed E-state index contributed by atoms with van der Waals surface area (Å²) < 4.78 is 0. The lowest BCUT2D eigenvalue weighted by atomic mass is 10.0.